The summed E-state index contributed by atoms with van der Waals surface area (Å²) in [6, 6.07) is 28.0. The van der Waals surface area contributed by atoms with Crippen LogP contribution in [0.4, 0.5) is 0 Å². The number of hydrogen-bond donors (Lipinski definition) is 7. The number of rotatable bonds is 41. The lowest BCUT2D eigenvalue weighted by molar-refractivity contribution is -0.146. The van der Waals surface area contributed by atoms with Gasteiger partial charge >= 0.3 is 17.9 Å². The molecule has 0 aliphatic carbocycles. The first-order valence-electron chi connectivity index (χ1n) is 38.6. The Balaban J connectivity index is 0.000000444. The lowest BCUT2D eigenvalue weighted by Gasteiger charge is -2.24. The van der Waals surface area contributed by atoms with Gasteiger partial charge in [0.05, 0.1) is 26.3 Å². The molecule has 4 aromatic rings. The first kappa shape index (κ1) is 88.7. The zero-order valence-electron chi connectivity index (χ0n) is 63.7. The third-order valence-electron chi connectivity index (χ3n) is 19.4. The molecule has 0 saturated carbocycles. The highest BCUT2D eigenvalue weighted by molar-refractivity contribution is 6.01. The SMILES string of the molecule is CCCCC[C@H](CC(=O)c1ccc(-c2ccc(CCCC)cc2)cc1)C(=O)N[C@@H](CCCC(=O)O)C(=O)C[C@@H](C)C(=O)N[C@@H](CCCCN)C(=O)OC.CCCCC[C@H](CC(=O)c1ccc(-c2ccc(CCCC)cc2)cc1)C(=O)N[C@H]1CCCC(=O)NCCCC[C@@H](C(=O)OC)NC(=O)[C@H](C)CC1=O. The molecule has 0 spiro atoms. The van der Waals surface area contributed by atoms with Crippen molar-refractivity contribution < 1.29 is 72.1 Å². The van der Waals surface area contributed by atoms with Gasteiger partial charge in [-0.1, -0.05) is 190 Å². The number of Topliss-reactive ketones (excluding diaryl/α,β-unsaturated/α-hetero) is 4. The number of carboxylic acids is 1. The molecule has 0 unspecified atom stereocenters. The Morgan fingerprint density at radius 2 is 1.04 bits per heavy atom. The number of carbonyl (C=O) groups is 12. The van der Waals surface area contributed by atoms with Crippen LogP contribution in [0.25, 0.3) is 22.3 Å². The summed E-state index contributed by atoms with van der Waals surface area (Å²) in [7, 11) is 2.48. The van der Waals surface area contributed by atoms with Crippen molar-refractivity contribution >= 4 is 70.6 Å². The maximum Gasteiger partial charge on any atom is 0.328 e. The van der Waals surface area contributed by atoms with Crippen molar-refractivity contribution in [2.75, 3.05) is 27.3 Å². The minimum Gasteiger partial charge on any atom is -0.481 e. The number of benzene rings is 4. The van der Waals surface area contributed by atoms with Gasteiger partial charge in [-0.2, -0.15) is 0 Å². The average molecular weight is 1450 g/mol. The van der Waals surface area contributed by atoms with Crippen molar-refractivity contribution in [3.05, 3.63) is 119 Å². The first-order chi connectivity index (χ1) is 50.5. The fourth-order valence-electron chi connectivity index (χ4n) is 12.7. The van der Waals surface area contributed by atoms with E-state index in [1.807, 2.05) is 31.2 Å². The fourth-order valence-corrected chi connectivity index (χ4v) is 12.7. The third kappa shape index (κ3) is 33.1. The molecule has 21 nitrogen and oxygen atoms in total. The topological polar surface area (TPSA) is 330 Å². The van der Waals surface area contributed by atoms with E-state index in [-0.39, 0.29) is 87.0 Å². The molecule has 0 aromatic heterocycles. The van der Waals surface area contributed by atoms with Crippen LogP contribution in [0.3, 0.4) is 0 Å². The summed E-state index contributed by atoms with van der Waals surface area (Å²) in [6.45, 7) is 12.5. The third-order valence-corrected chi connectivity index (χ3v) is 19.4. The van der Waals surface area contributed by atoms with Crippen LogP contribution in [-0.2, 0) is 70.3 Å². The van der Waals surface area contributed by atoms with Crippen LogP contribution >= 0.6 is 0 Å². The molecule has 5 rings (SSSR count). The lowest BCUT2D eigenvalue weighted by Crippen LogP contribution is -2.47. The Bertz CT molecular complexity index is 3370. The van der Waals surface area contributed by atoms with Gasteiger partial charge in [-0.25, -0.2) is 9.59 Å². The second-order valence-electron chi connectivity index (χ2n) is 28.1. The van der Waals surface area contributed by atoms with Gasteiger partial charge in [0.2, 0.25) is 29.5 Å². The van der Waals surface area contributed by atoms with E-state index in [1.165, 1.54) is 25.3 Å². The summed E-state index contributed by atoms with van der Waals surface area (Å²) in [5.74, 6) is -8.23. The number of nitrogens with two attached hydrogens (primary N) is 1. The number of esters is 2. The molecule has 0 bridgehead atoms. The predicted octanol–water partition coefficient (Wildman–Crippen LogP) is 13.3. The van der Waals surface area contributed by atoms with Crippen molar-refractivity contribution in [3.8, 4) is 22.3 Å². The van der Waals surface area contributed by atoms with Crippen LogP contribution < -0.4 is 32.3 Å². The maximum absolute atomic E-state index is 13.8. The quantitative estimate of drug-likeness (QED) is 0.0123. The Labute approximate surface area is 623 Å². The number of aliphatic carboxylic acids is 1. The van der Waals surface area contributed by atoms with Crippen LogP contribution in [0, 0.1) is 23.7 Å². The van der Waals surface area contributed by atoms with Crippen molar-refractivity contribution in [1.82, 2.24) is 26.6 Å². The number of carboxylic acid groups (broad SMARTS) is 1. The molecule has 105 heavy (non-hydrogen) atoms. The minimum atomic E-state index is -1.05. The number of hydrogen-bond acceptors (Lipinski definition) is 15. The lowest BCUT2D eigenvalue weighted by atomic mass is 9.90. The number of methoxy groups -OCH3 is 2. The maximum atomic E-state index is 13.8. The molecule has 1 aliphatic heterocycles. The highest BCUT2D eigenvalue weighted by Crippen LogP contribution is 2.27. The molecule has 1 saturated heterocycles. The number of nitrogens with one attached hydrogen (secondary N) is 5. The highest BCUT2D eigenvalue weighted by atomic mass is 16.5. The summed E-state index contributed by atoms with van der Waals surface area (Å²) in [5, 5.41) is 23.2. The van der Waals surface area contributed by atoms with Gasteiger partial charge in [-0.15, -0.1) is 0 Å². The molecule has 8 atom stereocenters. The number of ether oxygens (including phenoxy) is 2. The van der Waals surface area contributed by atoms with Gasteiger partial charge < -0.3 is 46.9 Å². The number of carbonyl (C=O) groups excluding carboxylic acids is 11. The first-order valence-corrected chi connectivity index (χ1v) is 38.6. The van der Waals surface area contributed by atoms with Gasteiger partial charge in [0.15, 0.2) is 23.1 Å². The average Bonchev–Trinajstić information content (AvgIpc) is 0.849. The molecular weight excluding hydrogens is 1330 g/mol. The normalized spacial score (nSPS) is 16.6. The van der Waals surface area contributed by atoms with Crippen LogP contribution in [0.1, 0.15) is 253 Å². The molecule has 8 N–H and O–H groups in total. The van der Waals surface area contributed by atoms with Gasteiger partial charge in [0.25, 0.3) is 0 Å². The van der Waals surface area contributed by atoms with Crippen LogP contribution in [0.15, 0.2) is 97.1 Å². The number of amides is 5. The Morgan fingerprint density at radius 1 is 0.552 bits per heavy atom. The van der Waals surface area contributed by atoms with E-state index < -0.39 is 89.3 Å². The van der Waals surface area contributed by atoms with E-state index in [9.17, 15) is 62.6 Å². The standard InChI is InChI=1S/C42H61N3O8.C42H59N3O7/c1-5-7-9-14-34(28-37(46)33-24-22-32(23-25-33)31-20-18-30(19-21-31)13-8-6-2)41(51)44-35(16-12-17-39(48)49)38(47)27-29(3)40(50)45-36(42(52)53-4)15-10-11-26-43;1-5-7-9-14-34(28-37(46)33-24-22-32(23-25-33)31-20-18-30(19-21-31)13-8-6-2)41(50)44-35-16-12-17-39(48)43-26-11-10-15-36(42(51)52-4)45-40(49)29(3)27-38(35)47/h18-25,29,34-36H,5-17,26-28,43H2,1-4H3,(H,44,51)(H,45,50)(H,48,49);18-25,29,34-36H,5-17,26-28H2,1-4H3,(H,43,48)(H,44,50)(H,45,49)/t2*29-,34-,35+,36+/m11/s1. The summed E-state index contributed by atoms with van der Waals surface area (Å²) in [4.78, 5) is 156. The Morgan fingerprint density at radius 3 is 1.52 bits per heavy atom. The van der Waals surface area contributed by atoms with Crippen LogP contribution in [0.2, 0.25) is 0 Å². The van der Waals surface area contributed by atoms with Gasteiger partial charge in [-0.05, 0) is 143 Å². The van der Waals surface area contributed by atoms with E-state index in [0.29, 0.717) is 82.0 Å². The van der Waals surface area contributed by atoms with Crippen molar-refractivity contribution in [1.29, 1.82) is 0 Å². The molecular formula is C84H120N6O15. The van der Waals surface area contributed by atoms with Crippen LogP contribution in [0.5, 0.6) is 0 Å². The molecule has 1 fully saturated rings. The summed E-state index contributed by atoms with van der Waals surface area (Å²) in [6.07, 6.45) is 16.2. The fraction of sp³-hybridized carbons (Fsp3) is 0.571. The van der Waals surface area contributed by atoms with E-state index in [1.54, 1.807) is 38.1 Å². The Kier molecular flexibility index (Phi) is 42.1. The van der Waals surface area contributed by atoms with E-state index in [4.69, 9.17) is 15.2 Å². The van der Waals surface area contributed by atoms with Crippen molar-refractivity contribution in [2.24, 2.45) is 29.4 Å². The monoisotopic (exact) mass is 1450 g/mol. The summed E-state index contributed by atoms with van der Waals surface area (Å²) >= 11 is 0. The predicted molar refractivity (Wildman–Crippen MR) is 409 cm³/mol. The van der Waals surface area contributed by atoms with Crippen molar-refractivity contribution in [3.63, 3.8) is 0 Å². The Hall–Kier alpha value is -8.72. The highest BCUT2D eigenvalue weighted by Gasteiger charge is 2.34. The summed E-state index contributed by atoms with van der Waals surface area (Å²) in [5.41, 5.74) is 13.3. The van der Waals surface area contributed by atoms with E-state index >= 15 is 0 Å². The zero-order chi connectivity index (χ0) is 77.1. The molecule has 576 valence electrons. The number of aryl methyl sites for hydroxylation is 2. The molecule has 1 heterocycles. The van der Waals surface area contributed by atoms with E-state index in [2.05, 4.69) is 95.9 Å². The number of ketones is 4. The zero-order valence-corrected chi connectivity index (χ0v) is 63.7. The summed E-state index contributed by atoms with van der Waals surface area (Å²) < 4.78 is 9.69. The van der Waals surface area contributed by atoms with Gasteiger partial charge in [0, 0.05) is 79.9 Å². The second kappa shape index (κ2) is 49.9. The number of unbranched alkanes of at least 4 members (excludes halogenated alkanes) is 7. The molecule has 5 amide bonds. The molecule has 1 aliphatic rings. The molecule has 21 heteroatoms. The smallest absolute Gasteiger partial charge is 0.328 e. The second-order valence-corrected chi connectivity index (χ2v) is 28.1. The largest absolute Gasteiger partial charge is 0.481 e. The molecule has 0 radical (unpaired) electrons. The van der Waals surface area contributed by atoms with Crippen LogP contribution in [-0.4, -0.2) is 127 Å². The van der Waals surface area contributed by atoms with Crippen molar-refractivity contribution in [2.45, 2.75) is 258 Å². The van der Waals surface area contributed by atoms with E-state index in [0.717, 1.165) is 99.3 Å². The molecule has 4 aromatic carbocycles. The minimum absolute atomic E-state index is 0.00192. The van der Waals surface area contributed by atoms with Gasteiger partial charge in [0.1, 0.15) is 12.1 Å². The van der Waals surface area contributed by atoms with Gasteiger partial charge in [-0.3, -0.25) is 47.9 Å².